The molecule has 0 aliphatic rings. The Labute approximate surface area is 264 Å². The van der Waals surface area contributed by atoms with Gasteiger partial charge in [-0.05, 0) is 73.5 Å². The molecule has 0 saturated carbocycles. The molecule has 2 amide bonds. The summed E-state index contributed by atoms with van der Waals surface area (Å²) < 4.78 is 9.53. The standard InChI is InChI=1S/C32H32N6O8/c1-17-7-13-23(31(43)45-5)25(15-17)35-37-27(19(3)39)29(41)33-21-9-11-22(12-10-21)34-30(42)28(20(4)40)38-36-26-16-18(2)8-14-24(26)32(44)46-6/h7-16,35-36H,1-6H3,(H,33,41)(H,34,42)/b37-27-,38-28-. The van der Waals surface area contributed by atoms with Crippen molar-refractivity contribution in [3.8, 4) is 0 Å². The van der Waals surface area contributed by atoms with E-state index in [1.165, 1.54) is 50.6 Å². The molecule has 238 valence electrons. The third-order valence-electron chi connectivity index (χ3n) is 6.23. The van der Waals surface area contributed by atoms with Crippen molar-refractivity contribution in [3.63, 3.8) is 0 Å². The number of benzene rings is 3. The zero-order valence-corrected chi connectivity index (χ0v) is 25.9. The number of rotatable bonds is 12. The van der Waals surface area contributed by atoms with Gasteiger partial charge in [0, 0.05) is 25.2 Å². The number of amides is 2. The van der Waals surface area contributed by atoms with E-state index in [4.69, 9.17) is 9.47 Å². The van der Waals surface area contributed by atoms with Crippen LogP contribution in [0.15, 0.2) is 70.9 Å². The van der Waals surface area contributed by atoms with E-state index < -0.39 is 46.7 Å². The molecule has 0 aliphatic heterocycles. The maximum absolute atomic E-state index is 12.9. The predicted molar refractivity (Wildman–Crippen MR) is 172 cm³/mol. The van der Waals surface area contributed by atoms with E-state index in [0.717, 1.165) is 25.0 Å². The summed E-state index contributed by atoms with van der Waals surface area (Å²) in [4.78, 5) is 74.4. The number of hydrazone groups is 2. The van der Waals surface area contributed by atoms with E-state index in [0.29, 0.717) is 0 Å². The van der Waals surface area contributed by atoms with E-state index in [1.54, 1.807) is 38.1 Å². The normalized spacial score (nSPS) is 11.2. The zero-order valence-electron chi connectivity index (χ0n) is 25.9. The Bertz CT molecular complexity index is 1630. The lowest BCUT2D eigenvalue weighted by Gasteiger charge is -2.11. The molecule has 4 N–H and O–H groups in total. The van der Waals surface area contributed by atoms with Gasteiger partial charge in [0.25, 0.3) is 11.8 Å². The van der Waals surface area contributed by atoms with Gasteiger partial charge in [0.15, 0.2) is 23.0 Å². The lowest BCUT2D eigenvalue weighted by Crippen LogP contribution is -2.30. The minimum absolute atomic E-state index is 0.160. The van der Waals surface area contributed by atoms with Gasteiger partial charge < -0.3 is 20.1 Å². The Kier molecular flexibility index (Phi) is 11.6. The molecule has 14 heteroatoms. The number of nitrogens with one attached hydrogen (secondary N) is 4. The highest BCUT2D eigenvalue weighted by Gasteiger charge is 2.21. The maximum Gasteiger partial charge on any atom is 0.340 e. The second-order valence-corrected chi connectivity index (χ2v) is 9.82. The van der Waals surface area contributed by atoms with Crippen LogP contribution < -0.4 is 21.5 Å². The number of carbonyl (C=O) groups is 6. The second kappa shape index (κ2) is 15.5. The molecule has 14 nitrogen and oxygen atoms in total. The lowest BCUT2D eigenvalue weighted by atomic mass is 10.1. The van der Waals surface area contributed by atoms with Gasteiger partial charge >= 0.3 is 11.9 Å². The molecule has 3 rings (SSSR count). The van der Waals surface area contributed by atoms with Crippen LogP contribution in [0.5, 0.6) is 0 Å². The van der Waals surface area contributed by atoms with E-state index >= 15 is 0 Å². The SMILES string of the molecule is COC(=O)c1ccc(C)cc1N/N=C(/C(C)=O)C(=O)Nc1ccc(NC(=O)/C(=N\Nc2cc(C)ccc2C(=O)OC)C(C)=O)cc1. The Morgan fingerprint density at radius 3 is 1.22 bits per heavy atom. The largest absolute Gasteiger partial charge is 0.465 e. The highest BCUT2D eigenvalue weighted by atomic mass is 16.5. The highest BCUT2D eigenvalue weighted by Crippen LogP contribution is 2.20. The summed E-state index contributed by atoms with van der Waals surface area (Å²) in [7, 11) is 2.45. The molecule has 0 aromatic heterocycles. The molecule has 0 bridgehead atoms. The van der Waals surface area contributed by atoms with Crippen molar-refractivity contribution in [3.05, 3.63) is 82.9 Å². The van der Waals surface area contributed by atoms with Crippen molar-refractivity contribution in [2.24, 2.45) is 10.2 Å². The van der Waals surface area contributed by atoms with E-state index in [-0.39, 0.29) is 33.9 Å². The molecule has 0 unspecified atom stereocenters. The zero-order chi connectivity index (χ0) is 34.0. The van der Waals surface area contributed by atoms with Gasteiger partial charge in [-0.2, -0.15) is 10.2 Å². The first-order valence-electron chi connectivity index (χ1n) is 13.6. The quantitative estimate of drug-likeness (QED) is 0.0990. The Hall–Kier alpha value is -6.18. The first-order chi connectivity index (χ1) is 21.8. The summed E-state index contributed by atoms with van der Waals surface area (Å²) in [5, 5.41) is 12.9. The number of anilines is 4. The Morgan fingerprint density at radius 1 is 0.565 bits per heavy atom. The van der Waals surface area contributed by atoms with Crippen LogP contribution in [-0.4, -0.2) is 61.0 Å². The average Bonchev–Trinajstić information content (AvgIpc) is 3.01. The van der Waals surface area contributed by atoms with Crippen molar-refractivity contribution >= 4 is 69.5 Å². The Balaban J connectivity index is 1.73. The van der Waals surface area contributed by atoms with Crippen LogP contribution in [0, 0.1) is 13.8 Å². The number of methoxy groups -OCH3 is 2. The molecule has 0 saturated heterocycles. The molecule has 0 fully saturated rings. The van der Waals surface area contributed by atoms with E-state index in [1.807, 2.05) is 0 Å². The van der Waals surface area contributed by atoms with Crippen molar-refractivity contribution < 1.29 is 38.2 Å². The number of nitrogens with zero attached hydrogens (tertiary/aromatic N) is 2. The molecular formula is C32H32N6O8. The molecule has 3 aromatic carbocycles. The van der Waals surface area contributed by atoms with Crippen molar-refractivity contribution in [1.29, 1.82) is 0 Å². The summed E-state index contributed by atoms with van der Waals surface area (Å²) in [5.41, 5.74) is 7.18. The number of carbonyl (C=O) groups excluding carboxylic acids is 6. The number of hydrogen-bond donors (Lipinski definition) is 4. The summed E-state index contributed by atoms with van der Waals surface area (Å²) in [5.74, 6) is -4.20. The van der Waals surface area contributed by atoms with E-state index in [9.17, 15) is 28.8 Å². The van der Waals surface area contributed by atoms with Gasteiger partial charge in [0.05, 0.1) is 36.7 Å². The number of esters is 2. The minimum atomic E-state index is -0.830. The third kappa shape index (κ3) is 8.92. The van der Waals surface area contributed by atoms with Gasteiger partial charge in [0.1, 0.15) is 0 Å². The molecule has 0 radical (unpaired) electrons. The number of aryl methyl sites for hydroxylation is 2. The maximum atomic E-state index is 12.9. The lowest BCUT2D eigenvalue weighted by molar-refractivity contribution is -0.116. The molecule has 0 atom stereocenters. The summed E-state index contributed by atoms with van der Waals surface area (Å²) >= 11 is 0. The van der Waals surface area contributed by atoms with Gasteiger partial charge in [-0.25, -0.2) is 9.59 Å². The average molecular weight is 629 g/mol. The monoisotopic (exact) mass is 628 g/mol. The topological polar surface area (TPSA) is 194 Å². The van der Waals surface area contributed by atoms with Crippen LogP contribution in [0.3, 0.4) is 0 Å². The summed E-state index contributed by atoms with van der Waals surface area (Å²) in [6.07, 6.45) is 0. The second-order valence-electron chi connectivity index (χ2n) is 9.82. The molecule has 0 heterocycles. The predicted octanol–water partition coefficient (Wildman–Crippen LogP) is 3.87. The fourth-order valence-corrected chi connectivity index (χ4v) is 3.91. The van der Waals surface area contributed by atoms with Crippen LogP contribution in [0.4, 0.5) is 22.7 Å². The van der Waals surface area contributed by atoms with Crippen LogP contribution in [0.25, 0.3) is 0 Å². The number of ether oxygens (including phenoxy) is 2. The van der Waals surface area contributed by atoms with Crippen LogP contribution in [0.2, 0.25) is 0 Å². The fraction of sp³-hybridized carbons (Fsp3) is 0.188. The number of Topliss-reactive ketones (excluding diaryl/α,β-unsaturated/α-hetero) is 2. The van der Waals surface area contributed by atoms with Crippen LogP contribution >= 0.6 is 0 Å². The first kappa shape index (κ1) is 34.3. The highest BCUT2D eigenvalue weighted by molar-refractivity contribution is 6.67. The van der Waals surface area contributed by atoms with Gasteiger partial charge in [-0.15, -0.1) is 0 Å². The van der Waals surface area contributed by atoms with Crippen molar-refractivity contribution in [2.75, 3.05) is 35.7 Å². The van der Waals surface area contributed by atoms with Gasteiger partial charge in [-0.3, -0.25) is 30.0 Å². The number of ketones is 2. The van der Waals surface area contributed by atoms with Crippen molar-refractivity contribution in [1.82, 2.24) is 0 Å². The summed E-state index contributed by atoms with van der Waals surface area (Å²) in [6.45, 7) is 5.90. The van der Waals surface area contributed by atoms with Gasteiger partial charge in [0.2, 0.25) is 0 Å². The summed E-state index contributed by atoms with van der Waals surface area (Å²) in [6, 6.07) is 15.5. The fourth-order valence-electron chi connectivity index (χ4n) is 3.91. The van der Waals surface area contributed by atoms with Crippen molar-refractivity contribution in [2.45, 2.75) is 27.7 Å². The molecule has 0 aliphatic carbocycles. The number of hydrogen-bond acceptors (Lipinski definition) is 12. The van der Waals surface area contributed by atoms with Gasteiger partial charge in [-0.1, -0.05) is 12.1 Å². The Morgan fingerprint density at radius 2 is 0.913 bits per heavy atom. The van der Waals surface area contributed by atoms with E-state index in [2.05, 4.69) is 31.7 Å². The minimum Gasteiger partial charge on any atom is -0.465 e. The molecule has 0 spiro atoms. The molecular weight excluding hydrogens is 596 g/mol. The third-order valence-corrected chi connectivity index (χ3v) is 6.23. The van der Waals surface area contributed by atoms with Crippen LogP contribution in [-0.2, 0) is 28.7 Å². The van der Waals surface area contributed by atoms with Crippen LogP contribution in [0.1, 0.15) is 45.7 Å². The smallest absolute Gasteiger partial charge is 0.340 e. The molecule has 46 heavy (non-hydrogen) atoms. The molecule has 3 aromatic rings. The first-order valence-corrected chi connectivity index (χ1v) is 13.6.